The molecule has 0 atom stereocenters. The first kappa shape index (κ1) is 19.0. The molecule has 144 valence electrons. The average Bonchev–Trinajstić information content (AvgIpc) is 2.70. The standard InChI is InChI=1S/C20H14IN5O3/c1-12-5-6-13-3-2-4-16(17(13)24-12)29-20-18(26(27)28)19(22-11-23-20)25-15-9-7-14(21)8-10-15/h2-11H,1H3,(H,22,23,25). The van der Waals surface area contributed by atoms with E-state index in [4.69, 9.17) is 4.74 Å². The van der Waals surface area contributed by atoms with Gasteiger partial charge < -0.3 is 10.1 Å². The molecule has 0 amide bonds. The molecular weight excluding hydrogens is 485 g/mol. The van der Waals surface area contributed by atoms with Gasteiger partial charge >= 0.3 is 11.6 Å². The number of halogens is 1. The van der Waals surface area contributed by atoms with Crippen molar-refractivity contribution in [2.45, 2.75) is 6.92 Å². The number of nitrogens with zero attached hydrogens (tertiary/aromatic N) is 4. The largest absolute Gasteiger partial charge is 0.431 e. The van der Waals surface area contributed by atoms with Gasteiger partial charge in [-0.3, -0.25) is 10.1 Å². The number of benzene rings is 2. The van der Waals surface area contributed by atoms with Crippen LogP contribution >= 0.6 is 22.6 Å². The zero-order valence-electron chi connectivity index (χ0n) is 15.2. The molecule has 1 N–H and O–H groups in total. The summed E-state index contributed by atoms with van der Waals surface area (Å²) in [6.45, 7) is 1.87. The van der Waals surface area contributed by atoms with Gasteiger partial charge in [0, 0.05) is 20.3 Å². The number of para-hydroxylation sites is 1. The van der Waals surface area contributed by atoms with Gasteiger partial charge in [0.15, 0.2) is 5.75 Å². The number of hydrogen-bond donors (Lipinski definition) is 1. The average molecular weight is 499 g/mol. The minimum absolute atomic E-state index is 0.0468. The van der Waals surface area contributed by atoms with Crippen LogP contribution in [0.5, 0.6) is 11.6 Å². The van der Waals surface area contributed by atoms with Crippen molar-refractivity contribution in [1.82, 2.24) is 15.0 Å². The van der Waals surface area contributed by atoms with Crippen LogP contribution in [0.1, 0.15) is 5.69 Å². The second-order valence-corrected chi connectivity index (χ2v) is 7.39. The molecule has 2 aromatic carbocycles. The van der Waals surface area contributed by atoms with Gasteiger partial charge in [0.25, 0.3) is 0 Å². The van der Waals surface area contributed by atoms with E-state index in [1.165, 1.54) is 6.33 Å². The Kier molecular flexibility index (Phi) is 5.21. The Hall–Kier alpha value is -3.34. The van der Waals surface area contributed by atoms with E-state index in [1.54, 1.807) is 12.1 Å². The lowest BCUT2D eigenvalue weighted by Crippen LogP contribution is -2.04. The normalized spacial score (nSPS) is 10.7. The summed E-state index contributed by atoms with van der Waals surface area (Å²) < 4.78 is 6.89. The second kappa shape index (κ2) is 7.95. The number of hydrogen-bond acceptors (Lipinski definition) is 7. The summed E-state index contributed by atoms with van der Waals surface area (Å²) in [5.41, 5.74) is 1.73. The zero-order chi connectivity index (χ0) is 20.4. The Morgan fingerprint density at radius 3 is 2.62 bits per heavy atom. The molecular formula is C20H14IN5O3. The Bertz CT molecular complexity index is 1210. The number of anilines is 2. The van der Waals surface area contributed by atoms with Crippen LogP contribution in [0.15, 0.2) is 60.9 Å². The van der Waals surface area contributed by atoms with E-state index in [0.29, 0.717) is 17.0 Å². The highest BCUT2D eigenvalue weighted by atomic mass is 127. The van der Waals surface area contributed by atoms with Crippen molar-refractivity contribution in [3.8, 4) is 11.6 Å². The zero-order valence-corrected chi connectivity index (χ0v) is 17.3. The third-order valence-electron chi connectivity index (χ3n) is 4.11. The van der Waals surface area contributed by atoms with Gasteiger partial charge in [0.2, 0.25) is 5.82 Å². The van der Waals surface area contributed by atoms with E-state index in [1.807, 2.05) is 49.4 Å². The van der Waals surface area contributed by atoms with Crippen LogP contribution in [0.2, 0.25) is 0 Å². The van der Waals surface area contributed by atoms with Crippen LogP contribution in [-0.4, -0.2) is 19.9 Å². The molecule has 0 aliphatic rings. The predicted molar refractivity (Wildman–Crippen MR) is 118 cm³/mol. The molecule has 9 heteroatoms. The van der Waals surface area contributed by atoms with Gasteiger partial charge in [0.05, 0.1) is 4.92 Å². The second-order valence-electron chi connectivity index (χ2n) is 6.15. The minimum atomic E-state index is -0.561. The number of nitro groups is 1. The molecule has 0 fully saturated rings. The smallest absolute Gasteiger partial charge is 0.373 e. The molecule has 0 aliphatic carbocycles. The molecule has 2 heterocycles. The van der Waals surface area contributed by atoms with Crippen molar-refractivity contribution in [2.75, 3.05) is 5.32 Å². The molecule has 4 rings (SSSR count). The van der Waals surface area contributed by atoms with Crippen LogP contribution in [-0.2, 0) is 0 Å². The van der Waals surface area contributed by atoms with Crippen molar-refractivity contribution in [1.29, 1.82) is 0 Å². The number of aromatic nitrogens is 3. The Morgan fingerprint density at radius 1 is 1.07 bits per heavy atom. The minimum Gasteiger partial charge on any atom is -0.431 e. The summed E-state index contributed by atoms with van der Waals surface area (Å²) in [4.78, 5) is 23.7. The fourth-order valence-electron chi connectivity index (χ4n) is 2.77. The third kappa shape index (κ3) is 4.09. The molecule has 0 saturated carbocycles. The Labute approximate surface area is 179 Å². The summed E-state index contributed by atoms with van der Waals surface area (Å²) in [7, 11) is 0. The lowest BCUT2D eigenvalue weighted by molar-refractivity contribution is -0.385. The highest BCUT2D eigenvalue weighted by molar-refractivity contribution is 14.1. The van der Waals surface area contributed by atoms with Crippen LogP contribution < -0.4 is 10.1 Å². The molecule has 0 aliphatic heterocycles. The number of rotatable bonds is 5. The number of pyridine rings is 1. The molecule has 0 bridgehead atoms. The highest BCUT2D eigenvalue weighted by Gasteiger charge is 2.26. The maximum atomic E-state index is 11.8. The molecule has 4 aromatic rings. The predicted octanol–water partition coefficient (Wildman–Crippen LogP) is 5.38. The first-order valence-electron chi connectivity index (χ1n) is 8.57. The van der Waals surface area contributed by atoms with E-state index in [-0.39, 0.29) is 17.4 Å². The topological polar surface area (TPSA) is 103 Å². The van der Waals surface area contributed by atoms with Gasteiger partial charge in [-0.2, -0.15) is 4.98 Å². The van der Waals surface area contributed by atoms with E-state index >= 15 is 0 Å². The number of nitrogens with one attached hydrogen (secondary N) is 1. The van der Waals surface area contributed by atoms with Crippen LogP contribution in [0.4, 0.5) is 17.2 Å². The highest BCUT2D eigenvalue weighted by Crippen LogP contribution is 2.37. The molecule has 29 heavy (non-hydrogen) atoms. The lowest BCUT2D eigenvalue weighted by atomic mass is 10.2. The van der Waals surface area contributed by atoms with E-state index in [2.05, 4.69) is 42.9 Å². The summed E-state index contributed by atoms with van der Waals surface area (Å²) >= 11 is 2.18. The molecule has 8 nitrogen and oxygen atoms in total. The molecule has 0 unspecified atom stereocenters. The summed E-state index contributed by atoms with van der Waals surface area (Å²) in [6, 6.07) is 16.6. The Morgan fingerprint density at radius 2 is 1.86 bits per heavy atom. The van der Waals surface area contributed by atoms with Gasteiger partial charge in [-0.1, -0.05) is 18.2 Å². The summed E-state index contributed by atoms with van der Waals surface area (Å²) in [6.07, 6.45) is 1.22. The molecule has 2 aromatic heterocycles. The van der Waals surface area contributed by atoms with Crippen molar-refractivity contribution in [3.05, 3.63) is 80.3 Å². The molecule has 0 radical (unpaired) electrons. The summed E-state index contributed by atoms with van der Waals surface area (Å²) in [5, 5.41) is 15.6. The van der Waals surface area contributed by atoms with Gasteiger partial charge in [-0.05, 0) is 65.9 Å². The monoisotopic (exact) mass is 499 g/mol. The van der Waals surface area contributed by atoms with Crippen molar-refractivity contribution in [2.24, 2.45) is 0 Å². The van der Waals surface area contributed by atoms with Gasteiger partial charge in [0.1, 0.15) is 11.8 Å². The first-order chi connectivity index (χ1) is 14.0. The molecule has 0 saturated heterocycles. The van der Waals surface area contributed by atoms with Gasteiger partial charge in [-0.25, -0.2) is 9.97 Å². The van der Waals surface area contributed by atoms with Crippen molar-refractivity contribution >= 4 is 50.7 Å². The number of ether oxygens (including phenoxy) is 1. The molecule has 0 spiro atoms. The number of fused-ring (bicyclic) bond motifs is 1. The number of aryl methyl sites for hydroxylation is 1. The third-order valence-corrected chi connectivity index (χ3v) is 4.83. The van der Waals surface area contributed by atoms with E-state index in [9.17, 15) is 10.1 Å². The Balaban J connectivity index is 1.76. The fourth-order valence-corrected chi connectivity index (χ4v) is 3.13. The van der Waals surface area contributed by atoms with E-state index < -0.39 is 4.92 Å². The van der Waals surface area contributed by atoms with Crippen LogP contribution in [0.3, 0.4) is 0 Å². The van der Waals surface area contributed by atoms with Crippen LogP contribution in [0.25, 0.3) is 10.9 Å². The fraction of sp³-hybridized carbons (Fsp3) is 0.0500. The maximum Gasteiger partial charge on any atom is 0.373 e. The van der Waals surface area contributed by atoms with Gasteiger partial charge in [-0.15, -0.1) is 0 Å². The summed E-state index contributed by atoms with van der Waals surface area (Å²) in [5.74, 6) is 0.271. The van der Waals surface area contributed by atoms with E-state index in [0.717, 1.165) is 14.7 Å². The van der Waals surface area contributed by atoms with Crippen LogP contribution in [0, 0.1) is 20.6 Å². The van der Waals surface area contributed by atoms with Crippen molar-refractivity contribution < 1.29 is 9.66 Å². The SMILES string of the molecule is Cc1ccc2cccc(Oc3ncnc(Nc4ccc(I)cc4)c3[N+](=O)[O-])c2n1. The lowest BCUT2D eigenvalue weighted by Gasteiger charge is -2.11. The van der Waals surface area contributed by atoms with Crippen molar-refractivity contribution in [3.63, 3.8) is 0 Å². The first-order valence-corrected chi connectivity index (χ1v) is 9.65. The maximum absolute atomic E-state index is 11.8. The quantitative estimate of drug-likeness (QED) is 0.223.